The third-order valence-electron chi connectivity index (χ3n) is 2.45. The van der Waals surface area contributed by atoms with Gasteiger partial charge < -0.3 is 19.9 Å². The molecule has 0 saturated carbocycles. The van der Waals surface area contributed by atoms with E-state index in [2.05, 4.69) is 0 Å². The largest absolute Gasteiger partial charge is 0.379 e. The lowest BCUT2D eigenvalue weighted by Gasteiger charge is -2.26. The second-order valence-electron chi connectivity index (χ2n) is 3.73. The fourth-order valence-electron chi connectivity index (χ4n) is 1.59. The molecule has 1 aromatic carbocycles. The first-order valence-electron chi connectivity index (χ1n) is 5.92. The summed E-state index contributed by atoms with van der Waals surface area (Å²) in [6.45, 7) is 3.75. The third kappa shape index (κ3) is 3.64. The van der Waals surface area contributed by atoms with Crippen LogP contribution in [0.15, 0.2) is 30.3 Å². The van der Waals surface area contributed by atoms with Gasteiger partial charge in [0, 0.05) is 0 Å². The summed E-state index contributed by atoms with van der Waals surface area (Å²) >= 11 is 0. The van der Waals surface area contributed by atoms with E-state index >= 15 is 0 Å². The van der Waals surface area contributed by atoms with Crippen LogP contribution in [0.3, 0.4) is 0 Å². The summed E-state index contributed by atoms with van der Waals surface area (Å²) in [5, 5.41) is 10.1. The van der Waals surface area contributed by atoms with Crippen LogP contribution in [0, 0.1) is 0 Å². The van der Waals surface area contributed by atoms with Crippen molar-refractivity contribution in [2.45, 2.75) is 25.7 Å². The van der Waals surface area contributed by atoms with Crippen LogP contribution in [0.4, 0.5) is 0 Å². The minimum Gasteiger partial charge on any atom is -0.379 e. The van der Waals surface area contributed by atoms with Gasteiger partial charge in [-0.1, -0.05) is 30.3 Å². The van der Waals surface area contributed by atoms with Crippen molar-refractivity contribution in [1.29, 1.82) is 0 Å². The van der Waals surface area contributed by atoms with Gasteiger partial charge >= 0.3 is 7.60 Å². The van der Waals surface area contributed by atoms with E-state index in [4.69, 9.17) is 14.8 Å². The van der Waals surface area contributed by atoms with E-state index in [-0.39, 0.29) is 13.2 Å². The van der Waals surface area contributed by atoms with Gasteiger partial charge in [0.2, 0.25) is 0 Å². The lowest BCUT2D eigenvalue weighted by Crippen LogP contribution is -2.27. The normalized spacial score (nSPS) is 15.3. The number of hydrogen-bond donors (Lipinski definition) is 2. The maximum atomic E-state index is 12.4. The molecular weight excluding hydrogens is 253 g/mol. The van der Waals surface area contributed by atoms with Gasteiger partial charge in [0.15, 0.2) is 5.85 Å². The Kier molecular flexibility index (Phi) is 5.99. The number of rotatable bonds is 7. The van der Waals surface area contributed by atoms with E-state index in [1.54, 1.807) is 38.1 Å². The number of benzene rings is 1. The molecule has 0 aliphatic rings. The van der Waals surface area contributed by atoms with Crippen LogP contribution in [0.2, 0.25) is 0 Å². The van der Waals surface area contributed by atoms with Gasteiger partial charge in [-0.25, -0.2) is 0 Å². The fourth-order valence-corrected chi connectivity index (χ4v) is 3.26. The van der Waals surface area contributed by atoms with Crippen LogP contribution in [-0.4, -0.2) is 24.2 Å². The predicted octanol–water partition coefficient (Wildman–Crippen LogP) is 2.27. The molecule has 3 N–H and O–H groups in total. The SMILES string of the molecule is CCOP(=O)(OCC)[C@H](O)[C@H](N)c1ccccc1. The van der Waals surface area contributed by atoms with E-state index < -0.39 is 19.5 Å². The van der Waals surface area contributed by atoms with Crippen molar-refractivity contribution in [3.63, 3.8) is 0 Å². The molecule has 0 heterocycles. The average Bonchev–Trinajstić information content (AvgIpc) is 2.38. The highest BCUT2D eigenvalue weighted by Crippen LogP contribution is 2.55. The molecule has 1 rings (SSSR count). The van der Waals surface area contributed by atoms with Crippen molar-refractivity contribution in [2.24, 2.45) is 5.73 Å². The summed E-state index contributed by atoms with van der Waals surface area (Å²) in [6, 6.07) is 8.15. The molecule has 0 aliphatic carbocycles. The lowest BCUT2D eigenvalue weighted by molar-refractivity contribution is 0.134. The Hall–Kier alpha value is -0.710. The molecule has 0 aromatic heterocycles. The van der Waals surface area contributed by atoms with Crippen LogP contribution in [0.5, 0.6) is 0 Å². The molecule has 1 aromatic rings. The molecule has 6 heteroatoms. The molecule has 102 valence electrons. The first kappa shape index (κ1) is 15.3. The predicted molar refractivity (Wildman–Crippen MR) is 70.2 cm³/mol. The first-order chi connectivity index (χ1) is 8.55. The Morgan fingerprint density at radius 1 is 1.22 bits per heavy atom. The van der Waals surface area contributed by atoms with Crippen molar-refractivity contribution in [2.75, 3.05) is 13.2 Å². The Morgan fingerprint density at radius 3 is 2.17 bits per heavy atom. The molecule has 0 unspecified atom stereocenters. The van der Waals surface area contributed by atoms with Crippen LogP contribution < -0.4 is 5.73 Å². The molecule has 0 fully saturated rings. The number of aliphatic hydroxyl groups excluding tert-OH is 1. The summed E-state index contributed by atoms with van der Waals surface area (Å²) in [5.74, 6) is -1.38. The number of hydrogen-bond acceptors (Lipinski definition) is 5. The van der Waals surface area contributed by atoms with E-state index in [9.17, 15) is 9.67 Å². The maximum absolute atomic E-state index is 12.4. The van der Waals surface area contributed by atoms with E-state index in [1.807, 2.05) is 6.07 Å². The lowest BCUT2D eigenvalue weighted by atomic mass is 10.1. The molecule has 0 spiro atoms. The molecule has 5 nitrogen and oxygen atoms in total. The Morgan fingerprint density at radius 2 is 1.72 bits per heavy atom. The summed E-state index contributed by atoms with van der Waals surface area (Å²) in [6.07, 6.45) is 0. The summed E-state index contributed by atoms with van der Waals surface area (Å²) < 4.78 is 22.5. The van der Waals surface area contributed by atoms with E-state index in [0.29, 0.717) is 5.56 Å². The van der Waals surface area contributed by atoms with Crippen LogP contribution >= 0.6 is 7.60 Å². The summed E-state index contributed by atoms with van der Waals surface area (Å²) in [5.41, 5.74) is 6.59. The topological polar surface area (TPSA) is 81.8 Å². The van der Waals surface area contributed by atoms with Gasteiger partial charge in [-0.3, -0.25) is 4.57 Å². The molecule has 0 saturated heterocycles. The van der Waals surface area contributed by atoms with Crippen molar-refractivity contribution in [1.82, 2.24) is 0 Å². The van der Waals surface area contributed by atoms with Gasteiger partial charge in [-0.2, -0.15) is 0 Å². The van der Waals surface area contributed by atoms with Gasteiger partial charge in [-0.05, 0) is 19.4 Å². The number of aliphatic hydroxyl groups is 1. The maximum Gasteiger partial charge on any atom is 0.360 e. The van der Waals surface area contributed by atoms with Crippen molar-refractivity contribution in [3.8, 4) is 0 Å². The Bertz CT molecular complexity index is 388. The molecule has 18 heavy (non-hydrogen) atoms. The average molecular weight is 273 g/mol. The van der Waals surface area contributed by atoms with Gasteiger partial charge in [-0.15, -0.1) is 0 Å². The van der Waals surface area contributed by atoms with Crippen LogP contribution in [0.25, 0.3) is 0 Å². The Labute approximate surface area is 107 Å². The highest BCUT2D eigenvalue weighted by Gasteiger charge is 2.38. The van der Waals surface area contributed by atoms with Gasteiger partial charge in [0.05, 0.1) is 19.3 Å². The van der Waals surface area contributed by atoms with Crippen LogP contribution in [0.1, 0.15) is 25.5 Å². The summed E-state index contributed by atoms with van der Waals surface area (Å²) in [7, 11) is -3.60. The van der Waals surface area contributed by atoms with Gasteiger partial charge in [0.25, 0.3) is 0 Å². The number of nitrogens with two attached hydrogens (primary N) is 1. The van der Waals surface area contributed by atoms with E-state index in [0.717, 1.165) is 0 Å². The van der Waals surface area contributed by atoms with Crippen molar-refractivity contribution < 1.29 is 18.7 Å². The zero-order valence-corrected chi connectivity index (χ0v) is 11.5. The smallest absolute Gasteiger partial charge is 0.360 e. The highest BCUT2D eigenvalue weighted by atomic mass is 31.2. The van der Waals surface area contributed by atoms with Crippen molar-refractivity contribution >= 4 is 7.60 Å². The molecule has 0 bridgehead atoms. The summed E-state index contributed by atoms with van der Waals surface area (Å²) in [4.78, 5) is 0. The minimum atomic E-state index is -3.60. The van der Waals surface area contributed by atoms with Crippen LogP contribution in [-0.2, 0) is 13.6 Å². The third-order valence-corrected chi connectivity index (χ3v) is 4.65. The molecule has 0 aliphatic heterocycles. The zero-order valence-electron chi connectivity index (χ0n) is 10.7. The Balaban J connectivity index is 2.89. The fraction of sp³-hybridized carbons (Fsp3) is 0.500. The molecule has 0 radical (unpaired) electrons. The molecule has 2 atom stereocenters. The second kappa shape index (κ2) is 7.02. The highest BCUT2D eigenvalue weighted by molar-refractivity contribution is 7.54. The standard InChI is InChI=1S/C12H20NO4P/c1-3-16-18(15,17-4-2)12(14)11(13)10-8-6-5-7-9-10/h5-9,11-12,14H,3-4,13H2,1-2H3/t11-,12+/m1/s1. The zero-order chi connectivity index (χ0) is 13.6. The molecule has 0 amide bonds. The quantitative estimate of drug-likeness (QED) is 0.745. The first-order valence-corrected chi connectivity index (χ1v) is 7.53. The van der Waals surface area contributed by atoms with E-state index in [1.165, 1.54) is 0 Å². The van der Waals surface area contributed by atoms with Gasteiger partial charge in [0.1, 0.15) is 0 Å². The monoisotopic (exact) mass is 273 g/mol. The second-order valence-corrected chi connectivity index (χ2v) is 5.85. The molecular formula is C12H20NO4P. The van der Waals surface area contributed by atoms with Crippen molar-refractivity contribution in [3.05, 3.63) is 35.9 Å². The minimum absolute atomic E-state index is 0.190.